The molecule has 0 heterocycles. The van der Waals surface area contributed by atoms with Crippen LogP contribution >= 0.6 is 0 Å². The number of aliphatic hydroxyl groups excluding tert-OH is 1. The maximum absolute atomic E-state index is 13.6. The fraction of sp³-hybridized carbons (Fsp3) is 0.250. The molecule has 2 rings (SSSR count). The van der Waals surface area contributed by atoms with Crippen molar-refractivity contribution in [2.45, 2.75) is 25.6 Å². The van der Waals surface area contributed by atoms with E-state index in [9.17, 15) is 22.7 Å². The van der Waals surface area contributed by atoms with Crippen LogP contribution in [-0.4, -0.2) is 5.11 Å². The van der Waals surface area contributed by atoms with E-state index in [1.54, 1.807) is 13.0 Å². The minimum Gasteiger partial charge on any atom is -0.388 e. The molecule has 0 aliphatic carbocycles. The Morgan fingerprint density at radius 2 is 1.67 bits per heavy atom. The topological polar surface area (TPSA) is 20.2 Å². The normalized spacial score (nSPS) is 13.2. The number of aliphatic hydroxyl groups is 1. The summed E-state index contributed by atoms with van der Waals surface area (Å²) in [6, 6.07) is 8.87. The lowest BCUT2D eigenvalue weighted by Crippen LogP contribution is -2.07. The molecule has 1 atom stereocenters. The summed E-state index contributed by atoms with van der Waals surface area (Å²) in [6.07, 6.45) is -5.43. The van der Waals surface area contributed by atoms with Crippen molar-refractivity contribution in [3.05, 3.63) is 70.5 Å². The van der Waals surface area contributed by atoms with Crippen molar-refractivity contribution in [3.63, 3.8) is 0 Å². The maximum Gasteiger partial charge on any atom is 0.416 e. The second-order valence-corrected chi connectivity index (χ2v) is 4.94. The lowest BCUT2D eigenvalue weighted by atomic mass is 9.99. The average molecular weight is 298 g/mol. The summed E-state index contributed by atoms with van der Waals surface area (Å²) in [5.41, 5.74) is 0.714. The first-order valence-electron chi connectivity index (χ1n) is 6.37. The third-order valence-corrected chi connectivity index (χ3v) is 3.22. The van der Waals surface area contributed by atoms with E-state index in [1.807, 2.05) is 0 Å². The van der Waals surface area contributed by atoms with E-state index in [2.05, 4.69) is 0 Å². The van der Waals surface area contributed by atoms with Crippen LogP contribution < -0.4 is 0 Å². The van der Waals surface area contributed by atoms with Gasteiger partial charge in [-0.15, -0.1) is 0 Å². The van der Waals surface area contributed by atoms with Gasteiger partial charge in [-0.3, -0.25) is 0 Å². The first-order chi connectivity index (χ1) is 9.77. The molecule has 21 heavy (non-hydrogen) atoms. The van der Waals surface area contributed by atoms with Crippen LogP contribution in [0.1, 0.15) is 28.4 Å². The summed E-state index contributed by atoms with van der Waals surface area (Å²) in [5, 5.41) is 10.0. The molecule has 1 N–H and O–H groups in total. The molecule has 0 amide bonds. The first kappa shape index (κ1) is 15.5. The van der Waals surface area contributed by atoms with E-state index in [-0.39, 0.29) is 12.0 Å². The van der Waals surface area contributed by atoms with Gasteiger partial charge in [0.25, 0.3) is 0 Å². The SMILES string of the molecule is Cc1ccc(F)c(C(O)Cc2ccc(C(F)(F)F)cc2)c1. The molecular weight excluding hydrogens is 284 g/mol. The van der Waals surface area contributed by atoms with Gasteiger partial charge in [-0.1, -0.05) is 29.8 Å². The van der Waals surface area contributed by atoms with Gasteiger partial charge in [0.05, 0.1) is 11.7 Å². The van der Waals surface area contributed by atoms with Crippen LogP contribution in [0.4, 0.5) is 17.6 Å². The van der Waals surface area contributed by atoms with E-state index in [0.29, 0.717) is 5.56 Å². The van der Waals surface area contributed by atoms with Crippen LogP contribution in [-0.2, 0) is 12.6 Å². The standard InChI is InChI=1S/C16H14F4O/c1-10-2-7-14(17)13(8-10)15(21)9-11-3-5-12(6-4-11)16(18,19)20/h2-8,15,21H,9H2,1H3. The number of alkyl halides is 3. The minimum absolute atomic E-state index is 0.0541. The molecule has 2 aromatic carbocycles. The van der Waals surface area contributed by atoms with Crippen molar-refractivity contribution in [1.82, 2.24) is 0 Å². The molecule has 0 fully saturated rings. The Kier molecular flexibility index (Phi) is 4.32. The monoisotopic (exact) mass is 298 g/mol. The maximum atomic E-state index is 13.6. The molecule has 0 aromatic heterocycles. The molecule has 0 saturated carbocycles. The Balaban J connectivity index is 2.16. The Hall–Kier alpha value is -1.88. The summed E-state index contributed by atoms with van der Waals surface area (Å²) in [7, 11) is 0. The lowest BCUT2D eigenvalue weighted by Gasteiger charge is -2.13. The molecule has 2 aromatic rings. The van der Waals surface area contributed by atoms with Gasteiger partial charge in [-0.2, -0.15) is 13.2 Å². The van der Waals surface area contributed by atoms with Crippen molar-refractivity contribution >= 4 is 0 Å². The number of benzene rings is 2. The molecule has 0 aliphatic heterocycles. The predicted octanol–water partition coefficient (Wildman–Crippen LogP) is 4.43. The second-order valence-electron chi connectivity index (χ2n) is 4.94. The van der Waals surface area contributed by atoms with E-state index in [0.717, 1.165) is 17.7 Å². The van der Waals surface area contributed by atoms with Crippen LogP contribution in [0, 0.1) is 12.7 Å². The minimum atomic E-state index is -4.39. The zero-order valence-corrected chi connectivity index (χ0v) is 11.3. The summed E-state index contributed by atoms with van der Waals surface area (Å²) >= 11 is 0. The quantitative estimate of drug-likeness (QED) is 0.831. The number of aryl methyl sites for hydroxylation is 1. The van der Waals surface area contributed by atoms with E-state index < -0.39 is 23.7 Å². The number of hydrogen-bond acceptors (Lipinski definition) is 1. The van der Waals surface area contributed by atoms with Crippen molar-refractivity contribution < 1.29 is 22.7 Å². The summed E-state index contributed by atoms with van der Waals surface area (Å²) in [5.74, 6) is -0.528. The highest BCUT2D eigenvalue weighted by Crippen LogP contribution is 2.30. The van der Waals surface area contributed by atoms with E-state index in [4.69, 9.17) is 0 Å². The highest BCUT2D eigenvalue weighted by atomic mass is 19.4. The first-order valence-corrected chi connectivity index (χ1v) is 6.37. The molecule has 0 radical (unpaired) electrons. The highest BCUT2D eigenvalue weighted by molar-refractivity contribution is 5.29. The predicted molar refractivity (Wildman–Crippen MR) is 71.2 cm³/mol. The zero-order valence-electron chi connectivity index (χ0n) is 11.3. The van der Waals surface area contributed by atoms with Crippen LogP contribution in [0.25, 0.3) is 0 Å². The number of halogens is 4. The molecule has 0 spiro atoms. The molecule has 1 nitrogen and oxygen atoms in total. The van der Waals surface area contributed by atoms with Crippen LogP contribution in [0.2, 0.25) is 0 Å². The highest BCUT2D eigenvalue weighted by Gasteiger charge is 2.30. The summed E-state index contributed by atoms with van der Waals surface area (Å²) in [4.78, 5) is 0. The summed E-state index contributed by atoms with van der Waals surface area (Å²) in [6.45, 7) is 1.77. The average Bonchev–Trinajstić information content (AvgIpc) is 2.41. The molecule has 5 heteroatoms. The fourth-order valence-electron chi connectivity index (χ4n) is 2.08. The van der Waals surface area contributed by atoms with Crippen LogP contribution in [0.5, 0.6) is 0 Å². The van der Waals surface area contributed by atoms with Gasteiger partial charge in [0.2, 0.25) is 0 Å². The fourth-order valence-corrected chi connectivity index (χ4v) is 2.08. The second kappa shape index (κ2) is 5.85. The van der Waals surface area contributed by atoms with Gasteiger partial charge in [0, 0.05) is 12.0 Å². The number of rotatable bonds is 3. The van der Waals surface area contributed by atoms with Gasteiger partial charge in [-0.25, -0.2) is 4.39 Å². The Morgan fingerprint density at radius 1 is 1.05 bits per heavy atom. The van der Waals surface area contributed by atoms with Crippen molar-refractivity contribution in [2.24, 2.45) is 0 Å². The zero-order chi connectivity index (χ0) is 15.6. The Labute approximate surface area is 119 Å². The Bertz CT molecular complexity index is 617. The van der Waals surface area contributed by atoms with Crippen LogP contribution in [0.15, 0.2) is 42.5 Å². The van der Waals surface area contributed by atoms with Gasteiger partial charge < -0.3 is 5.11 Å². The van der Waals surface area contributed by atoms with E-state index in [1.165, 1.54) is 24.3 Å². The van der Waals surface area contributed by atoms with Gasteiger partial charge in [-0.05, 0) is 30.7 Å². The van der Waals surface area contributed by atoms with E-state index >= 15 is 0 Å². The molecule has 0 bridgehead atoms. The van der Waals surface area contributed by atoms with Crippen molar-refractivity contribution in [3.8, 4) is 0 Å². The largest absolute Gasteiger partial charge is 0.416 e. The number of hydrogen-bond donors (Lipinski definition) is 1. The van der Waals surface area contributed by atoms with Gasteiger partial charge >= 0.3 is 6.18 Å². The lowest BCUT2D eigenvalue weighted by molar-refractivity contribution is -0.137. The molecule has 0 saturated heterocycles. The third kappa shape index (κ3) is 3.82. The molecule has 112 valence electrons. The third-order valence-electron chi connectivity index (χ3n) is 3.22. The molecular formula is C16H14F4O. The molecule has 1 unspecified atom stereocenters. The van der Waals surface area contributed by atoms with Gasteiger partial charge in [0.1, 0.15) is 5.82 Å². The smallest absolute Gasteiger partial charge is 0.388 e. The van der Waals surface area contributed by atoms with Gasteiger partial charge in [0.15, 0.2) is 0 Å². The van der Waals surface area contributed by atoms with Crippen molar-refractivity contribution in [1.29, 1.82) is 0 Å². The van der Waals surface area contributed by atoms with Crippen molar-refractivity contribution in [2.75, 3.05) is 0 Å². The Morgan fingerprint density at radius 3 is 2.24 bits per heavy atom. The summed E-state index contributed by atoms with van der Waals surface area (Å²) < 4.78 is 51.0. The van der Waals surface area contributed by atoms with Crippen LogP contribution in [0.3, 0.4) is 0 Å². The molecule has 0 aliphatic rings.